The van der Waals surface area contributed by atoms with E-state index in [4.69, 9.17) is 14.2 Å². The Kier molecular flexibility index (Phi) is 6.34. The minimum absolute atomic E-state index is 0.0909. The summed E-state index contributed by atoms with van der Waals surface area (Å²) < 4.78 is 10.5. The van der Waals surface area contributed by atoms with E-state index in [-0.39, 0.29) is 11.8 Å². The first kappa shape index (κ1) is 21.7. The maximum absolute atomic E-state index is 12.8. The number of rotatable bonds is 7. The van der Waals surface area contributed by atoms with E-state index in [2.05, 4.69) is 15.1 Å². The van der Waals surface area contributed by atoms with Crippen LogP contribution in [0.3, 0.4) is 0 Å². The molecule has 1 saturated heterocycles. The number of ether oxygens (including phenoxy) is 1. The fourth-order valence-electron chi connectivity index (χ4n) is 3.95. The Labute approximate surface area is 187 Å². The minimum Gasteiger partial charge on any atom is -0.497 e. The van der Waals surface area contributed by atoms with Crippen LogP contribution in [0.15, 0.2) is 35.0 Å². The van der Waals surface area contributed by atoms with Gasteiger partial charge in [0.1, 0.15) is 5.75 Å². The summed E-state index contributed by atoms with van der Waals surface area (Å²) >= 11 is 0. The standard InChI is InChI=1S/C23H28N6O3/c1-15-25-20(32-27-15)8-9-21(30)29-11-10-17(14-29)22-19(13-24-23(26-22)28(2)3)16-6-5-7-18(12-16)31-4/h5-7,12-13,17H,8-11,14H2,1-4H3/t17-/m0/s1. The molecular formula is C23H28N6O3. The molecule has 0 N–H and O–H groups in total. The summed E-state index contributed by atoms with van der Waals surface area (Å²) in [6.07, 6.45) is 3.53. The molecule has 0 bridgehead atoms. The Balaban J connectivity index is 1.54. The van der Waals surface area contributed by atoms with Gasteiger partial charge in [-0.3, -0.25) is 4.79 Å². The highest BCUT2D eigenvalue weighted by Gasteiger charge is 2.30. The van der Waals surface area contributed by atoms with Gasteiger partial charge in [-0.05, 0) is 31.0 Å². The molecule has 0 spiro atoms. The summed E-state index contributed by atoms with van der Waals surface area (Å²) in [7, 11) is 5.50. The summed E-state index contributed by atoms with van der Waals surface area (Å²) in [6.45, 7) is 3.09. The number of anilines is 1. The lowest BCUT2D eigenvalue weighted by Crippen LogP contribution is -2.28. The van der Waals surface area contributed by atoms with E-state index >= 15 is 0 Å². The van der Waals surface area contributed by atoms with Crippen molar-refractivity contribution < 1.29 is 14.1 Å². The molecule has 1 atom stereocenters. The molecular weight excluding hydrogens is 408 g/mol. The van der Waals surface area contributed by atoms with Crippen molar-refractivity contribution in [2.24, 2.45) is 0 Å². The quantitative estimate of drug-likeness (QED) is 0.558. The normalized spacial score (nSPS) is 15.8. The predicted octanol–water partition coefficient (Wildman–Crippen LogP) is 2.86. The molecule has 168 valence electrons. The van der Waals surface area contributed by atoms with Gasteiger partial charge in [0.15, 0.2) is 5.82 Å². The molecule has 1 fully saturated rings. The Bertz CT molecular complexity index is 1100. The van der Waals surface area contributed by atoms with Crippen LogP contribution in [0, 0.1) is 6.92 Å². The van der Waals surface area contributed by atoms with E-state index in [0.717, 1.165) is 29.0 Å². The number of aromatic nitrogens is 4. The molecule has 9 nitrogen and oxygen atoms in total. The predicted molar refractivity (Wildman–Crippen MR) is 120 cm³/mol. The Morgan fingerprint density at radius 2 is 2.16 bits per heavy atom. The third-order valence-corrected chi connectivity index (χ3v) is 5.64. The zero-order valence-corrected chi connectivity index (χ0v) is 18.9. The second-order valence-electron chi connectivity index (χ2n) is 8.16. The van der Waals surface area contributed by atoms with Crippen molar-refractivity contribution in [1.82, 2.24) is 25.0 Å². The van der Waals surface area contributed by atoms with Crippen LogP contribution >= 0.6 is 0 Å². The largest absolute Gasteiger partial charge is 0.497 e. The van der Waals surface area contributed by atoms with Crippen LogP contribution < -0.4 is 9.64 Å². The van der Waals surface area contributed by atoms with Gasteiger partial charge in [-0.15, -0.1) is 0 Å². The molecule has 0 saturated carbocycles. The van der Waals surface area contributed by atoms with Crippen LogP contribution in [0.1, 0.15) is 36.2 Å². The van der Waals surface area contributed by atoms with Gasteiger partial charge >= 0.3 is 0 Å². The highest BCUT2D eigenvalue weighted by Crippen LogP contribution is 2.35. The lowest BCUT2D eigenvalue weighted by Gasteiger charge is -2.19. The summed E-state index contributed by atoms with van der Waals surface area (Å²) in [4.78, 5) is 30.2. The second-order valence-corrected chi connectivity index (χ2v) is 8.16. The minimum atomic E-state index is 0.0909. The van der Waals surface area contributed by atoms with E-state index in [1.807, 2.05) is 54.4 Å². The number of methoxy groups -OCH3 is 1. The monoisotopic (exact) mass is 436 g/mol. The molecule has 1 aromatic carbocycles. The Morgan fingerprint density at radius 3 is 2.88 bits per heavy atom. The van der Waals surface area contributed by atoms with E-state index < -0.39 is 0 Å². The van der Waals surface area contributed by atoms with Gasteiger partial charge in [-0.1, -0.05) is 17.3 Å². The first-order valence-electron chi connectivity index (χ1n) is 10.7. The van der Waals surface area contributed by atoms with Crippen LogP contribution in [-0.2, 0) is 11.2 Å². The number of benzene rings is 1. The number of hydrogen-bond donors (Lipinski definition) is 0. The molecule has 2 aromatic heterocycles. The van der Waals surface area contributed by atoms with Gasteiger partial charge in [0, 0.05) is 57.7 Å². The van der Waals surface area contributed by atoms with Gasteiger partial charge in [-0.2, -0.15) is 4.98 Å². The molecule has 0 aliphatic carbocycles. The third-order valence-electron chi connectivity index (χ3n) is 5.64. The molecule has 32 heavy (non-hydrogen) atoms. The Hall–Kier alpha value is -3.49. The molecule has 0 radical (unpaired) electrons. The number of carbonyl (C=O) groups is 1. The molecule has 1 amide bonds. The maximum atomic E-state index is 12.8. The molecule has 9 heteroatoms. The second kappa shape index (κ2) is 9.33. The topological polar surface area (TPSA) is 97.5 Å². The van der Waals surface area contributed by atoms with Gasteiger partial charge in [-0.25, -0.2) is 9.97 Å². The van der Waals surface area contributed by atoms with Crippen molar-refractivity contribution in [1.29, 1.82) is 0 Å². The number of amides is 1. The average Bonchev–Trinajstić information content (AvgIpc) is 3.46. The van der Waals surface area contributed by atoms with Crippen molar-refractivity contribution in [2.45, 2.75) is 32.1 Å². The smallest absolute Gasteiger partial charge is 0.227 e. The highest BCUT2D eigenvalue weighted by atomic mass is 16.5. The maximum Gasteiger partial charge on any atom is 0.227 e. The van der Waals surface area contributed by atoms with Crippen LogP contribution in [0.2, 0.25) is 0 Å². The van der Waals surface area contributed by atoms with Gasteiger partial charge in [0.25, 0.3) is 0 Å². The van der Waals surface area contributed by atoms with Crippen molar-refractivity contribution in [3.05, 3.63) is 47.9 Å². The highest BCUT2D eigenvalue weighted by molar-refractivity contribution is 5.77. The Morgan fingerprint density at radius 1 is 1.31 bits per heavy atom. The SMILES string of the molecule is COc1cccc(-c2cnc(N(C)C)nc2[C@H]2CCN(C(=O)CCc3nc(C)no3)C2)c1. The lowest BCUT2D eigenvalue weighted by atomic mass is 9.96. The van der Waals surface area contributed by atoms with Crippen molar-refractivity contribution >= 4 is 11.9 Å². The first-order chi connectivity index (χ1) is 15.4. The van der Waals surface area contributed by atoms with Gasteiger partial charge in [0.2, 0.25) is 17.7 Å². The number of likely N-dealkylation sites (tertiary alicyclic amines) is 1. The molecule has 3 aromatic rings. The molecule has 0 unspecified atom stereocenters. The molecule has 1 aliphatic rings. The van der Waals surface area contributed by atoms with Crippen molar-refractivity contribution in [2.75, 3.05) is 39.2 Å². The third kappa shape index (κ3) is 4.71. The van der Waals surface area contributed by atoms with Crippen molar-refractivity contribution in [3.63, 3.8) is 0 Å². The average molecular weight is 437 g/mol. The molecule has 4 rings (SSSR count). The number of hydrogen-bond acceptors (Lipinski definition) is 8. The number of nitrogens with zero attached hydrogens (tertiary/aromatic N) is 6. The van der Waals surface area contributed by atoms with Crippen LogP contribution in [0.25, 0.3) is 11.1 Å². The van der Waals surface area contributed by atoms with E-state index in [1.54, 1.807) is 14.0 Å². The van der Waals surface area contributed by atoms with E-state index in [9.17, 15) is 4.79 Å². The summed E-state index contributed by atoms with van der Waals surface area (Å²) in [5.41, 5.74) is 2.93. The van der Waals surface area contributed by atoms with Crippen LogP contribution in [0.5, 0.6) is 5.75 Å². The zero-order chi connectivity index (χ0) is 22.7. The van der Waals surface area contributed by atoms with Crippen LogP contribution in [-0.4, -0.2) is 65.2 Å². The first-order valence-corrected chi connectivity index (χ1v) is 10.7. The zero-order valence-electron chi connectivity index (χ0n) is 18.9. The van der Waals surface area contributed by atoms with Gasteiger partial charge in [0.05, 0.1) is 12.8 Å². The van der Waals surface area contributed by atoms with E-state index in [1.165, 1.54) is 0 Å². The summed E-state index contributed by atoms with van der Waals surface area (Å²) in [6, 6.07) is 7.90. The molecule has 3 heterocycles. The number of carbonyl (C=O) groups excluding carboxylic acids is 1. The lowest BCUT2D eigenvalue weighted by molar-refractivity contribution is -0.130. The van der Waals surface area contributed by atoms with Crippen molar-refractivity contribution in [3.8, 4) is 16.9 Å². The van der Waals surface area contributed by atoms with E-state index in [0.29, 0.717) is 43.6 Å². The summed E-state index contributed by atoms with van der Waals surface area (Å²) in [5.74, 6) is 2.74. The fourth-order valence-corrected chi connectivity index (χ4v) is 3.95. The number of aryl methyl sites for hydroxylation is 2. The van der Waals surface area contributed by atoms with Crippen LogP contribution in [0.4, 0.5) is 5.95 Å². The van der Waals surface area contributed by atoms with Gasteiger partial charge < -0.3 is 19.1 Å². The fraction of sp³-hybridized carbons (Fsp3) is 0.435. The summed E-state index contributed by atoms with van der Waals surface area (Å²) in [5, 5.41) is 3.78. The molecule has 1 aliphatic heterocycles.